The second-order valence-electron chi connectivity index (χ2n) is 6.77. The number of hydrogen-bond acceptors (Lipinski definition) is 5. The number of halogens is 4. The van der Waals surface area contributed by atoms with Gasteiger partial charge in [-0.05, 0) is 29.0 Å². The molecule has 1 unspecified atom stereocenters. The van der Waals surface area contributed by atoms with Gasteiger partial charge in [0, 0.05) is 30.2 Å². The summed E-state index contributed by atoms with van der Waals surface area (Å²) in [7, 11) is 3.15. The molecule has 0 aliphatic heterocycles. The lowest BCUT2D eigenvalue weighted by Crippen LogP contribution is -2.23. The standard InChI is InChI=1S/C19H15F4N6O2P/c1-9-4-3-5-11(29-19(30)27(2)25-26-29)10(9)8-31-12-6-7-28(24-12)17-14(21)13(20)15(22)18(32)16(17)23/h3-7H,8,32H2,1-2H3. The van der Waals surface area contributed by atoms with E-state index in [-0.39, 0.29) is 12.5 Å². The molecule has 2 aromatic heterocycles. The van der Waals surface area contributed by atoms with E-state index in [1.165, 1.54) is 13.1 Å². The minimum absolute atomic E-state index is 0.0421. The van der Waals surface area contributed by atoms with Gasteiger partial charge in [0.2, 0.25) is 5.88 Å². The minimum Gasteiger partial charge on any atom is -0.472 e. The van der Waals surface area contributed by atoms with Crippen molar-refractivity contribution in [1.82, 2.24) is 29.6 Å². The van der Waals surface area contributed by atoms with Gasteiger partial charge in [-0.15, -0.1) is 5.10 Å². The molecule has 0 spiro atoms. The fraction of sp³-hybridized carbons (Fsp3) is 0.158. The molecule has 32 heavy (non-hydrogen) atoms. The minimum atomic E-state index is -1.82. The van der Waals surface area contributed by atoms with Gasteiger partial charge in [0.1, 0.15) is 12.3 Å². The molecule has 166 valence electrons. The summed E-state index contributed by atoms with van der Waals surface area (Å²) in [6.45, 7) is 1.73. The predicted molar refractivity (Wildman–Crippen MR) is 108 cm³/mol. The van der Waals surface area contributed by atoms with E-state index in [1.54, 1.807) is 34.4 Å². The Morgan fingerprint density at radius 1 is 1.03 bits per heavy atom. The van der Waals surface area contributed by atoms with Crippen LogP contribution >= 0.6 is 9.24 Å². The third kappa shape index (κ3) is 3.56. The van der Waals surface area contributed by atoms with Gasteiger partial charge in [-0.1, -0.05) is 21.4 Å². The van der Waals surface area contributed by atoms with Gasteiger partial charge in [-0.25, -0.2) is 27.0 Å². The molecule has 0 bridgehead atoms. The summed E-state index contributed by atoms with van der Waals surface area (Å²) in [6.07, 6.45) is 1.14. The second kappa shape index (κ2) is 8.19. The van der Waals surface area contributed by atoms with Crippen molar-refractivity contribution in [3.05, 3.63) is 75.3 Å². The first-order chi connectivity index (χ1) is 15.2. The van der Waals surface area contributed by atoms with Crippen molar-refractivity contribution < 1.29 is 22.3 Å². The molecule has 0 fully saturated rings. The first-order valence-electron chi connectivity index (χ1n) is 9.08. The summed E-state index contributed by atoms with van der Waals surface area (Å²) in [6, 6.07) is 6.50. The Hall–Kier alpha value is -3.53. The smallest absolute Gasteiger partial charge is 0.368 e. The van der Waals surface area contributed by atoms with Crippen molar-refractivity contribution >= 4 is 14.5 Å². The maximum absolute atomic E-state index is 14.4. The number of aromatic nitrogens is 6. The lowest BCUT2D eigenvalue weighted by molar-refractivity contribution is 0.290. The van der Waals surface area contributed by atoms with Crippen molar-refractivity contribution in [2.24, 2.45) is 7.05 Å². The SMILES string of the molecule is Cc1cccc(-n2nnn(C)c2=O)c1COc1ccn(-c2c(F)c(F)c(F)c(P)c2F)n1. The van der Waals surface area contributed by atoms with Gasteiger partial charge >= 0.3 is 5.69 Å². The van der Waals surface area contributed by atoms with Crippen molar-refractivity contribution in [2.75, 3.05) is 0 Å². The van der Waals surface area contributed by atoms with E-state index in [4.69, 9.17) is 4.74 Å². The van der Waals surface area contributed by atoms with Crippen LogP contribution in [0.3, 0.4) is 0 Å². The molecule has 0 amide bonds. The summed E-state index contributed by atoms with van der Waals surface area (Å²) in [5.74, 6) is -6.53. The van der Waals surface area contributed by atoms with E-state index in [0.29, 0.717) is 15.9 Å². The van der Waals surface area contributed by atoms with Crippen LogP contribution in [0.15, 0.2) is 35.3 Å². The third-order valence-electron chi connectivity index (χ3n) is 4.77. The zero-order valence-corrected chi connectivity index (χ0v) is 17.8. The molecular weight excluding hydrogens is 451 g/mol. The summed E-state index contributed by atoms with van der Waals surface area (Å²) in [5, 5.41) is 10.6. The molecule has 13 heteroatoms. The Kier molecular flexibility index (Phi) is 5.55. The van der Waals surface area contributed by atoms with Crippen molar-refractivity contribution in [3.63, 3.8) is 0 Å². The zero-order valence-electron chi connectivity index (χ0n) is 16.7. The van der Waals surface area contributed by atoms with Crippen LogP contribution in [0, 0.1) is 30.2 Å². The Balaban J connectivity index is 1.65. The van der Waals surface area contributed by atoms with Crippen LogP contribution in [0.4, 0.5) is 17.6 Å². The van der Waals surface area contributed by atoms with Crippen LogP contribution in [0.2, 0.25) is 0 Å². The zero-order chi connectivity index (χ0) is 23.2. The molecule has 8 nitrogen and oxygen atoms in total. The van der Waals surface area contributed by atoms with E-state index >= 15 is 0 Å². The molecule has 0 radical (unpaired) electrons. The molecule has 0 saturated carbocycles. The molecule has 0 aliphatic rings. The van der Waals surface area contributed by atoms with Gasteiger partial charge in [-0.3, -0.25) is 0 Å². The van der Waals surface area contributed by atoms with Gasteiger partial charge in [0.05, 0.1) is 5.69 Å². The van der Waals surface area contributed by atoms with Crippen LogP contribution in [0.25, 0.3) is 11.4 Å². The van der Waals surface area contributed by atoms with Crippen molar-refractivity contribution in [2.45, 2.75) is 13.5 Å². The highest BCUT2D eigenvalue weighted by Crippen LogP contribution is 2.24. The summed E-state index contributed by atoms with van der Waals surface area (Å²) in [5.41, 5.74) is 0.477. The molecule has 0 aliphatic carbocycles. The quantitative estimate of drug-likeness (QED) is 0.195. The average Bonchev–Trinajstić information content (AvgIpc) is 3.37. The maximum atomic E-state index is 14.4. The highest BCUT2D eigenvalue weighted by Gasteiger charge is 2.25. The normalized spacial score (nSPS) is 11.2. The number of aryl methyl sites for hydroxylation is 2. The molecule has 2 heterocycles. The fourth-order valence-electron chi connectivity index (χ4n) is 3.03. The van der Waals surface area contributed by atoms with E-state index in [0.717, 1.165) is 21.1 Å². The number of ether oxygens (including phenoxy) is 1. The average molecular weight is 466 g/mol. The Morgan fingerprint density at radius 2 is 1.78 bits per heavy atom. The number of benzene rings is 2. The summed E-state index contributed by atoms with van der Waals surface area (Å²) < 4.78 is 64.3. The highest BCUT2D eigenvalue weighted by atomic mass is 31.0. The molecule has 4 rings (SSSR count). The second-order valence-corrected chi connectivity index (χ2v) is 7.35. The van der Waals surface area contributed by atoms with Gasteiger partial charge in [0.15, 0.2) is 23.3 Å². The van der Waals surface area contributed by atoms with E-state index < -0.39 is 40.0 Å². The molecule has 2 aromatic carbocycles. The first-order valence-corrected chi connectivity index (χ1v) is 9.66. The summed E-state index contributed by atoms with van der Waals surface area (Å²) in [4.78, 5) is 12.2. The van der Waals surface area contributed by atoms with Gasteiger partial charge in [0.25, 0.3) is 0 Å². The molecule has 0 N–H and O–H groups in total. The molecule has 4 aromatic rings. The molecule has 0 saturated heterocycles. The Labute approximate surface area is 180 Å². The maximum Gasteiger partial charge on any atom is 0.368 e. The predicted octanol–water partition coefficient (Wildman–Crippen LogP) is 2.10. The lowest BCUT2D eigenvalue weighted by Gasteiger charge is -2.12. The van der Waals surface area contributed by atoms with Crippen LogP contribution in [0.1, 0.15) is 11.1 Å². The fourth-order valence-corrected chi connectivity index (χ4v) is 3.30. The van der Waals surface area contributed by atoms with Crippen LogP contribution in [-0.4, -0.2) is 29.6 Å². The first kappa shape index (κ1) is 21.7. The largest absolute Gasteiger partial charge is 0.472 e. The monoisotopic (exact) mass is 466 g/mol. The Bertz CT molecular complexity index is 1370. The number of rotatable bonds is 5. The molecular formula is C19H15F4N6O2P. The van der Waals surface area contributed by atoms with Crippen molar-refractivity contribution in [3.8, 4) is 17.3 Å². The third-order valence-corrected chi connectivity index (χ3v) is 5.27. The van der Waals surface area contributed by atoms with Crippen LogP contribution in [-0.2, 0) is 13.7 Å². The molecule has 1 atom stereocenters. The van der Waals surface area contributed by atoms with Gasteiger partial charge in [-0.2, -0.15) is 9.36 Å². The number of nitrogens with zero attached hydrogens (tertiary/aromatic N) is 6. The van der Waals surface area contributed by atoms with E-state index in [9.17, 15) is 22.4 Å². The van der Waals surface area contributed by atoms with E-state index in [2.05, 4.69) is 15.5 Å². The topological polar surface area (TPSA) is 79.8 Å². The van der Waals surface area contributed by atoms with Crippen LogP contribution < -0.4 is 15.7 Å². The summed E-state index contributed by atoms with van der Waals surface area (Å²) >= 11 is 0. The van der Waals surface area contributed by atoms with Gasteiger partial charge < -0.3 is 4.74 Å². The Morgan fingerprint density at radius 3 is 2.47 bits per heavy atom. The van der Waals surface area contributed by atoms with Crippen molar-refractivity contribution in [1.29, 1.82) is 0 Å². The highest BCUT2D eigenvalue weighted by molar-refractivity contribution is 7.27. The van der Waals surface area contributed by atoms with Crippen LogP contribution in [0.5, 0.6) is 5.88 Å². The van der Waals surface area contributed by atoms with E-state index in [1.807, 2.05) is 0 Å². The number of hydrogen-bond donors (Lipinski definition) is 0. The number of tetrazole rings is 1. The lowest BCUT2D eigenvalue weighted by atomic mass is 10.1.